The van der Waals surface area contributed by atoms with Gasteiger partial charge < -0.3 is 20.1 Å². The largest absolute Gasteiger partial charge is 0.508 e. The van der Waals surface area contributed by atoms with Crippen LogP contribution >= 0.6 is 0 Å². The van der Waals surface area contributed by atoms with Crippen molar-refractivity contribution < 1.29 is 24.2 Å². The number of H-pyrrole nitrogens is 1. The number of ketones is 1. The molecule has 3 aromatic carbocycles. The number of aliphatic hydroxyl groups is 1. The minimum atomic E-state index is -0.851. The van der Waals surface area contributed by atoms with E-state index in [2.05, 4.69) is 4.98 Å². The molecule has 1 saturated heterocycles. The van der Waals surface area contributed by atoms with Gasteiger partial charge in [0.1, 0.15) is 17.3 Å². The fraction of sp³-hybridized carbons (Fsp3) is 0.111. The zero-order valence-electron chi connectivity index (χ0n) is 18.0. The lowest BCUT2D eigenvalue weighted by Crippen LogP contribution is -2.31. The number of nitrogens with one attached hydrogen (secondary N) is 1. The molecule has 1 aromatic heterocycles. The second-order valence-corrected chi connectivity index (χ2v) is 8.20. The number of halogens is 1. The Bertz CT molecular complexity index is 1420. The number of likely N-dealkylation sites (tertiary alicyclic amines) is 1. The molecular formula is C27H21FN2O4. The minimum Gasteiger partial charge on any atom is -0.508 e. The number of phenols is 1. The minimum absolute atomic E-state index is 0.0398. The van der Waals surface area contributed by atoms with Crippen molar-refractivity contribution in [3.63, 3.8) is 0 Å². The standard InChI is InChI=1S/C27H21FN2O4/c28-19-9-5-17(6-10-19)25(32)23-24(16-7-11-20(31)12-8-16)30(27(34)26(23)33)14-13-18-15-29-22-4-2-1-3-21(18)22/h1-12,15,24,29,31-32H,13-14H2/b25-23+. The lowest BCUT2D eigenvalue weighted by molar-refractivity contribution is -0.139. The lowest BCUT2D eigenvalue weighted by Gasteiger charge is -2.25. The summed E-state index contributed by atoms with van der Waals surface area (Å²) in [5.41, 5.74) is 2.71. The average molecular weight is 456 g/mol. The summed E-state index contributed by atoms with van der Waals surface area (Å²) in [6, 6.07) is 18.2. The highest BCUT2D eigenvalue weighted by Crippen LogP contribution is 2.40. The van der Waals surface area contributed by atoms with Gasteiger partial charge in [0.2, 0.25) is 0 Å². The maximum Gasteiger partial charge on any atom is 0.295 e. The van der Waals surface area contributed by atoms with E-state index in [1.54, 1.807) is 12.1 Å². The van der Waals surface area contributed by atoms with Gasteiger partial charge in [-0.1, -0.05) is 30.3 Å². The molecule has 3 N–H and O–H groups in total. The number of aromatic amines is 1. The van der Waals surface area contributed by atoms with Gasteiger partial charge in [-0.2, -0.15) is 0 Å². The molecule has 1 aliphatic rings. The molecular weight excluding hydrogens is 435 g/mol. The van der Waals surface area contributed by atoms with Crippen LogP contribution in [0.25, 0.3) is 16.7 Å². The molecule has 170 valence electrons. The Labute approximate surface area is 194 Å². The molecule has 4 aromatic rings. The first-order valence-electron chi connectivity index (χ1n) is 10.8. The van der Waals surface area contributed by atoms with Gasteiger partial charge in [-0.25, -0.2) is 4.39 Å². The first-order valence-corrected chi connectivity index (χ1v) is 10.8. The van der Waals surface area contributed by atoms with Crippen molar-refractivity contribution >= 4 is 28.4 Å². The Morgan fingerprint density at radius 1 is 0.971 bits per heavy atom. The number of nitrogens with zero attached hydrogens (tertiary/aromatic N) is 1. The van der Waals surface area contributed by atoms with E-state index in [1.165, 1.54) is 41.3 Å². The van der Waals surface area contributed by atoms with Gasteiger partial charge in [0.25, 0.3) is 11.7 Å². The Morgan fingerprint density at radius 2 is 1.68 bits per heavy atom. The molecule has 1 amide bonds. The SMILES string of the molecule is O=C1C(=O)N(CCc2c[nH]c3ccccc23)C(c2ccc(O)cc2)/C1=C(\O)c1ccc(F)cc1. The third kappa shape index (κ3) is 3.71. The van der Waals surface area contributed by atoms with E-state index in [4.69, 9.17) is 0 Å². The van der Waals surface area contributed by atoms with E-state index in [9.17, 15) is 24.2 Å². The molecule has 1 unspecified atom stereocenters. The first-order chi connectivity index (χ1) is 16.4. The molecule has 0 saturated carbocycles. The number of amides is 1. The molecule has 0 aliphatic carbocycles. The number of aromatic nitrogens is 1. The van der Waals surface area contributed by atoms with Crippen LogP contribution in [0.3, 0.4) is 0 Å². The number of hydrogen-bond donors (Lipinski definition) is 3. The molecule has 0 radical (unpaired) electrons. The van der Waals surface area contributed by atoms with Crippen molar-refractivity contribution in [1.29, 1.82) is 0 Å². The molecule has 6 nitrogen and oxygen atoms in total. The second-order valence-electron chi connectivity index (χ2n) is 8.20. The maximum absolute atomic E-state index is 13.4. The van der Waals surface area contributed by atoms with Crippen LogP contribution in [0.1, 0.15) is 22.7 Å². The van der Waals surface area contributed by atoms with Crippen LogP contribution in [-0.2, 0) is 16.0 Å². The predicted octanol–water partition coefficient (Wildman–Crippen LogP) is 4.68. The molecule has 1 atom stereocenters. The summed E-state index contributed by atoms with van der Waals surface area (Å²) in [5.74, 6) is -2.34. The van der Waals surface area contributed by atoms with Gasteiger partial charge in [-0.3, -0.25) is 9.59 Å². The van der Waals surface area contributed by atoms with Crippen LogP contribution in [0, 0.1) is 5.82 Å². The quantitative estimate of drug-likeness (QED) is 0.231. The smallest absolute Gasteiger partial charge is 0.295 e. The van der Waals surface area contributed by atoms with Gasteiger partial charge in [0.05, 0.1) is 11.6 Å². The number of Topliss-reactive ketones (excluding diaryl/α,β-unsaturated/α-hetero) is 1. The molecule has 1 fully saturated rings. The van der Waals surface area contributed by atoms with Gasteiger partial charge in [-0.15, -0.1) is 0 Å². The fourth-order valence-corrected chi connectivity index (χ4v) is 4.46. The number of benzene rings is 3. The number of fused-ring (bicyclic) bond motifs is 1. The number of hydrogen-bond acceptors (Lipinski definition) is 4. The van der Waals surface area contributed by atoms with Crippen molar-refractivity contribution in [3.05, 3.63) is 107 Å². The summed E-state index contributed by atoms with van der Waals surface area (Å²) < 4.78 is 13.4. The summed E-state index contributed by atoms with van der Waals surface area (Å²) in [6.07, 6.45) is 2.37. The first kappa shape index (κ1) is 21.5. The Balaban J connectivity index is 1.56. The van der Waals surface area contributed by atoms with E-state index >= 15 is 0 Å². The zero-order chi connectivity index (χ0) is 23.8. The Kier molecular flexibility index (Phi) is 5.37. The van der Waals surface area contributed by atoms with Gasteiger partial charge in [0.15, 0.2) is 0 Å². The molecule has 7 heteroatoms. The van der Waals surface area contributed by atoms with Gasteiger partial charge in [-0.05, 0) is 60.0 Å². The van der Waals surface area contributed by atoms with E-state index in [0.29, 0.717) is 12.0 Å². The van der Waals surface area contributed by atoms with Crippen LogP contribution in [0.4, 0.5) is 4.39 Å². The molecule has 2 heterocycles. The molecule has 34 heavy (non-hydrogen) atoms. The van der Waals surface area contributed by atoms with Crippen LogP contribution in [0.2, 0.25) is 0 Å². The molecule has 5 rings (SSSR count). The molecule has 0 bridgehead atoms. The normalized spacial score (nSPS) is 17.6. The zero-order valence-corrected chi connectivity index (χ0v) is 18.0. The molecule has 1 aliphatic heterocycles. The van der Waals surface area contributed by atoms with E-state index in [0.717, 1.165) is 16.5 Å². The van der Waals surface area contributed by atoms with Crippen LogP contribution in [0.15, 0.2) is 84.6 Å². The van der Waals surface area contributed by atoms with Crippen LogP contribution in [-0.4, -0.2) is 38.3 Å². The number of carbonyl (C=O) groups is 2. The van der Waals surface area contributed by atoms with Crippen molar-refractivity contribution in [3.8, 4) is 5.75 Å². The Hall–Kier alpha value is -4.39. The number of aromatic hydroxyl groups is 1. The van der Waals surface area contributed by atoms with Gasteiger partial charge in [0, 0.05) is 29.2 Å². The summed E-state index contributed by atoms with van der Waals surface area (Å²) in [4.78, 5) is 30.8. The summed E-state index contributed by atoms with van der Waals surface area (Å²) in [7, 11) is 0. The van der Waals surface area contributed by atoms with Crippen LogP contribution in [0.5, 0.6) is 5.75 Å². The third-order valence-electron chi connectivity index (χ3n) is 6.16. The number of rotatable bonds is 5. The number of aliphatic hydroxyl groups excluding tert-OH is 1. The third-order valence-corrected chi connectivity index (χ3v) is 6.16. The average Bonchev–Trinajstić information content (AvgIpc) is 3.37. The Morgan fingerprint density at radius 3 is 2.41 bits per heavy atom. The van der Waals surface area contributed by atoms with Crippen molar-refractivity contribution in [2.75, 3.05) is 6.54 Å². The van der Waals surface area contributed by atoms with Crippen molar-refractivity contribution in [1.82, 2.24) is 9.88 Å². The van der Waals surface area contributed by atoms with Gasteiger partial charge >= 0.3 is 0 Å². The second kappa shape index (κ2) is 8.51. The lowest BCUT2D eigenvalue weighted by atomic mass is 9.95. The maximum atomic E-state index is 13.4. The van der Waals surface area contributed by atoms with Crippen molar-refractivity contribution in [2.24, 2.45) is 0 Å². The fourth-order valence-electron chi connectivity index (χ4n) is 4.46. The topological polar surface area (TPSA) is 93.6 Å². The van der Waals surface area contributed by atoms with E-state index in [-0.39, 0.29) is 29.2 Å². The predicted molar refractivity (Wildman–Crippen MR) is 126 cm³/mol. The van der Waals surface area contributed by atoms with E-state index < -0.39 is 23.5 Å². The highest BCUT2D eigenvalue weighted by molar-refractivity contribution is 6.46. The monoisotopic (exact) mass is 456 g/mol. The number of carbonyl (C=O) groups excluding carboxylic acids is 2. The number of phenolic OH excluding ortho intramolecular Hbond substituents is 1. The van der Waals surface area contributed by atoms with E-state index in [1.807, 2.05) is 30.5 Å². The summed E-state index contributed by atoms with van der Waals surface area (Å²) >= 11 is 0. The highest BCUT2D eigenvalue weighted by atomic mass is 19.1. The number of para-hydroxylation sites is 1. The van der Waals surface area contributed by atoms with Crippen LogP contribution < -0.4 is 0 Å². The summed E-state index contributed by atoms with van der Waals surface area (Å²) in [6.45, 7) is 0.234. The molecule has 0 spiro atoms. The summed E-state index contributed by atoms with van der Waals surface area (Å²) in [5, 5.41) is 21.8. The van der Waals surface area contributed by atoms with Crippen molar-refractivity contribution in [2.45, 2.75) is 12.5 Å². The highest BCUT2D eigenvalue weighted by Gasteiger charge is 2.45.